The van der Waals surface area contributed by atoms with E-state index >= 15 is 0 Å². The minimum absolute atomic E-state index is 0.0395. The lowest BCUT2D eigenvalue weighted by Gasteiger charge is -2.27. The molecular formula is C29H36ClN5O2. The Morgan fingerprint density at radius 1 is 1.16 bits per heavy atom. The third-order valence-corrected chi connectivity index (χ3v) is 6.52. The van der Waals surface area contributed by atoms with Gasteiger partial charge in [0.1, 0.15) is 17.9 Å². The van der Waals surface area contributed by atoms with Crippen molar-refractivity contribution in [3.63, 3.8) is 0 Å². The van der Waals surface area contributed by atoms with Gasteiger partial charge in [0.15, 0.2) is 0 Å². The van der Waals surface area contributed by atoms with Crippen molar-refractivity contribution in [2.75, 3.05) is 34.2 Å². The van der Waals surface area contributed by atoms with Gasteiger partial charge in [-0.15, -0.1) is 0 Å². The van der Waals surface area contributed by atoms with Crippen LogP contribution in [0.2, 0.25) is 5.02 Å². The highest BCUT2D eigenvalue weighted by Crippen LogP contribution is 2.33. The third kappa shape index (κ3) is 6.41. The van der Waals surface area contributed by atoms with E-state index in [1.54, 1.807) is 35.3 Å². The maximum Gasteiger partial charge on any atom is 0.320 e. The number of carbonyl (C=O) groups excluding carboxylic acids is 1. The Balaban J connectivity index is 1.95. The zero-order valence-corrected chi connectivity index (χ0v) is 23.3. The van der Waals surface area contributed by atoms with Crippen LogP contribution in [-0.4, -0.2) is 64.9 Å². The van der Waals surface area contributed by atoms with Crippen LogP contribution in [0.25, 0.3) is 16.6 Å². The van der Waals surface area contributed by atoms with Gasteiger partial charge >= 0.3 is 6.03 Å². The smallest absolute Gasteiger partial charge is 0.320 e. The van der Waals surface area contributed by atoms with Crippen molar-refractivity contribution in [1.82, 2.24) is 24.7 Å². The van der Waals surface area contributed by atoms with E-state index in [1.807, 2.05) is 59.1 Å². The van der Waals surface area contributed by atoms with Crippen molar-refractivity contribution in [3.8, 4) is 5.75 Å². The summed E-state index contributed by atoms with van der Waals surface area (Å²) in [5.41, 5.74) is 5.37. The first-order valence-electron chi connectivity index (χ1n) is 12.4. The molecule has 3 rings (SSSR count). The Bertz CT molecular complexity index is 1300. The van der Waals surface area contributed by atoms with E-state index in [2.05, 4.69) is 22.5 Å². The third-order valence-electron chi connectivity index (χ3n) is 6.20. The van der Waals surface area contributed by atoms with Gasteiger partial charge in [0.2, 0.25) is 0 Å². The Labute approximate surface area is 225 Å². The SMILES string of the molecule is C=C/C=C(/c1cc(C)nc2c(OCc3c(Cl)cncc3CN(C)C(=O)N(CC)CC)cccc12)N(C)C. The zero-order valence-electron chi connectivity index (χ0n) is 22.6. The number of pyridine rings is 2. The molecule has 2 aromatic heterocycles. The summed E-state index contributed by atoms with van der Waals surface area (Å²) >= 11 is 6.56. The number of hydrogen-bond acceptors (Lipinski definition) is 5. The largest absolute Gasteiger partial charge is 0.487 e. The maximum absolute atomic E-state index is 12.8. The summed E-state index contributed by atoms with van der Waals surface area (Å²) in [6.45, 7) is 11.7. The highest BCUT2D eigenvalue weighted by molar-refractivity contribution is 6.31. The molecule has 37 heavy (non-hydrogen) atoms. The number of hydrogen-bond donors (Lipinski definition) is 0. The van der Waals surface area contributed by atoms with Crippen LogP contribution in [0.5, 0.6) is 5.75 Å². The molecule has 0 spiro atoms. The second-order valence-electron chi connectivity index (χ2n) is 9.00. The quantitative estimate of drug-likeness (QED) is 0.299. The summed E-state index contributed by atoms with van der Waals surface area (Å²) in [6.07, 6.45) is 7.11. The van der Waals surface area contributed by atoms with Gasteiger partial charge in [-0.25, -0.2) is 9.78 Å². The van der Waals surface area contributed by atoms with Crippen LogP contribution in [0, 0.1) is 6.92 Å². The molecule has 0 bridgehead atoms. The van der Waals surface area contributed by atoms with Crippen LogP contribution in [0.1, 0.15) is 36.2 Å². The average Bonchev–Trinajstić information content (AvgIpc) is 2.87. The molecule has 2 heterocycles. The summed E-state index contributed by atoms with van der Waals surface area (Å²) in [4.78, 5) is 27.4. The summed E-state index contributed by atoms with van der Waals surface area (Å²) in [5.74, 6) is 0.658. The Morgan fingerprint density at radius 3 is 2.54 bits per heavy atom. The summed E-state index contributed by atoms with van der Waals surface area (Å²) in [7, 11) is 5.79. The minimum atomic E-state index is -0.0395. The van der Waals surface area contributed by atoms with Gasteiger partial charge in [0, 0.05) is 81.1 Å². The number of allylic oxidation sites excluding steroid dienone is 2. The molecule has 1 aromatic carbocycles. The Hall–Kier alpha value is -3.58. The second-order valence-corrected chi connectivity index (χ2v) is 9.41. The van der Waals surface area contributed by atoms with Crippen LogP contribution < -0.4 is 4.74 Å². The highest BCUT2D eigenvalue weighted by atomic mass is 35.5. The van der Waals surface area contributed by atoms with Crippen LogP contribution in [0.15, 0.2) is 55.4 Å². The topological polar surface area (TPSA) is 61.8 Å². The van der Waals surface area contributed by atoms with Crippen molar-refractivity contribution < 1.29 is 9.53 Å². The van der Waals surface area contributed by atoms with Gasteiger partial charge in [-0.05, 0) is 44.5 Å². The molecule has 8 heteroatoms. The fraction of sp³-hybridized carbons (Fsp3) is 0.345. The van der Waals surface area contributed by atoms with Crippen LogP contribution in [-0.2, 0) is 13.2 Å². The number of fused-ring (bicyclic) bond motifs is 1. The van der Waals surface area contributed by atoms with E-state index in [4.69, 9.17) is 21.3 Å². The van der Waals surface area contributed by atoms with E-state index in [0.29, 0.717) is 30.4 Å². The molecule has 3 aromatic rings. The molecule has 0 N–H and O–H groups in total. The van der Waals surface area contributed by atoms with Crippen molar-refractivity contribution >= 4 is 34.2 Å². The average molecular weight is 522 g/mol. The molecule has 0 aliphatic carbocycles. The van der Waals surface area contributed by atoms with Gasteiger partial charge in [-0.1, -0.05) is 36.4 Å². The van der Waals surface area contributed by atoms with Crippen molar-refractivity contribution in [2.24, 2.45) is 0 Å². The number of aromatic nitrogens is 2. The lowest BCUT2D eigenvalue weighted by molar-refractivity contribution is 0.165. The number of aryl methyl sites for hydroxylation is 1. The van der Waals surface area contributed by atoms with Gasteiger partial charge in [-0.3, -0.25) is 4.98 Å². The molecule has 7 nitrogen and oxygen atoms in total. The summed E-state index contributed by atoms with van der Waals surface area (Å²) in [5, 5.41) is 1.48. The first kappa shape index (κ1) is 28.0. The Morgan fingerprint density at radius 2 is 1.89 bits per heavy atom. The van der Waals surface area contributed by atoms with E-state index < -0.39 is 0 Å². The van der Waals surface area contributed by atoms with Crippen molar-refractivity contribution in [2.45, 2.75) is 33.9 Å². The van der Waals surface area contributed by atoms with E-state index in [9.17, 15) is 4.79 Å². The number of carbonyl (C=O) groups is 1. The standard InChI is InChI=1S/C29H36ClN5O2/c1-8-12-26(33(5)6)23-15-20(4)32-28-22(23)13-11-14-27(28)37-19-24-21(16-31-17-25(24)30)18-34(7)29(36)35(9-2)10-3/h8,11-17H,1,9-10,18-19H2,2-7H3/b26-12-. The number of urea groups is 1. The van der Waals surface area contributed by atoms with Gasteiger partial charge in [0.25, 0.3) is 0 Å². The molecule has 0 aliphatic heterocycles. The molecule has 2 amide bonds. The first-order chi connectivity index (χ1) is 17.7. The first-order valence-corrected chi connectivity index (χ1v) is 12.7. The molecule has 0 aliphatic rings. The normalized spacial score (nSPS) is 11.4. The van der Waals surface area contributed by atoms with Crippen molar-refractivity contribution in [3.05, 3.63) is 82.8 Å². The maximum atomic E-state index is 12.8. The molecule has 0 atom stereocenters. The number of para-hydroxylation sites is 1. The number of nitrogens with zero attached hydrogens (tertiary/aromatic N) is 5. The van der Waals surface area contributed by atoms with E-state index in [-0.39, 0.29) is 12.6 Å². The molecule has 0 radical (unpaired) electrons. The minimum Gasteiger partial charge on any atom is -0.487 e. The van der Waals surface area contributed by atoms with Gasteiger partial charge < -0.3 is 19.4 Å². The van der Waals surface area contributed by atoms with E-state index in [1.165, 1.54) is 0 Å². The molecule has 0 fully saturated rings. The van der Waals surface area contributed by atoms with Gasteiger partial charge in [-0.2, -0.15) is 0 Å². The predicted molar refractivity (Wildman–Crippen MR) is 152 cm³/mol. The number of benzene rings is 1. The number of halogens is 1. The van der Waals surface area contributed by atoms with Crippen molar-refractivity contribution in [1.29, 1.82) is 0 Å². The molecular weight excluding hydrogens is 486 g/mol. The number of ether oxygens (including phenoxy) is 1. The fourth-order valence-corrected chi connectivity index (χ4v) is 4.51. The highest BCUT2D eigenvalue weighted by Gasteiger charge is 2.19. The van der Waals surface area contributed by atoms with Crippen LogP contribution in [0.4, 0.5) is 4.79 Å². The second kappa shape index (κ2) is 12.6. The molecule has 0 saturated carbocycles. The lowest BCUT2D eigenvalue weighted by Crippen LogP contribution is -2.40. The summed E-state index contributed by atoms with van der Waals surface area (Å²) in [6, 6.07) is 7.95. The summed E-state index contributed by atoms with van der Waals surface area (Å²) < 4.78 is 6.33. The number of rotatable bonds is 10. The molecule has 0 unspecified atom stereocenters. The predicted octanol–water partition coefficient (Wildman–Crippen LogP) is 6.15. The van der Waals surface area contributed by atoms with E-state index in [0.717, 1.165) is 39.0 Å². The lowest BCUT2D eigenvalue weighted by atomic mass is 10.0. The van der Waals surface area contributed by atoms with Gasteiger partial charge in [0.05, 0.1) is 5.02 Å². The fourth-order valence-electron chi connectivity index (χ4n) is 4.28. The molecule has 0 saturated heterocycles. The van der Waals surface area contributed by atoms with Crippen LogP contribution >= 0.6 is 11.6 Å². The number of amides is 2. The Kier molecular flexibility index (Phi) is 9.53. The molecule has 196 valence electrons. The monoisotopic (exact) mass is 521 g/mol. The zero-order chi connectivity index (χ0) is 27.1. The van der Waals surface area contributed by atoms with Crippen LogP contribution in [0.3, 0.4) is 0 Å².